The third-order valence-corrected chi connectivity index (χ3v) is 6.22. The van der Waals surface area contributed by atoms with Crippen LogP contribution in [0.4, 0.5) is 8.78 Å². The van der Waals surface area contributed by atoms with Crippen LogP contribution in [0.5, 0.6) is 5.75 Å². The number of aromatic nitrogens is 3. The molecule has 40 heavy (non-hydrogen) atoms. The summed E-state index contributed by atoms with van der Waals surface area (Å²) in [5, 5.41) is 19.9. The fourth-order valence-electron chi connectivity index (χ4n) is 3.45. The zero-order valence-electron chi connectivity index (χ0n) is 22.5. The van der Waals surface area contributed by atoms with Gasteiger partial charge in [0.15, 0.2) is 5.82 Å². The molecule has 2 N–H and O–H groups in total. The Morgan fingerprint density at radius 1 is 1.27 bits per heavy atom. The number of ether oxygens (including phenoxy) is 1. The minimum absolute atomic E-state index is 0.0265. The lowest BCUT2D eigenvalue weighted by atomic mass is 10.0. The van der Waals surface area contributed by atoms with Gasteiger partial charge in [0.2, 0.25) is 0 Å². The average Bonchev–Trinajstić information content (AvgIpc) is 2.87. The molecule has 9 nitrogen and oxygen atoms in total. The molecule has 0 radical (unpaired) electrons. The van der Waals surface area contributed by atoms with Crippen molar-refractivity contribution in [2.75, 3.05) is 0 Å². The zero-order chi connectivity index (χ0) is 29.8. The Bertz CT molecular complexity index is 1620. The molecular weight excluding hydrogens is 546 g/mol. The van der Waals surface area contributed by atoms with Crippen molar-refractivity contribution in [1.82, 2.24) is 14.1 Å². The number of pyridine rings is 3. The van der Waals surface area contributed by atoms with Gasteiger partial charge in [0.1, 0.15) is 28.9 Å². The van der Waals surface area contributed by atoms with E-state index in [9.17, 15) is 28.6 Å². The predicted octanol–water partition coefficient (Wildman–Crippen LogP) is 4.26. The van der Waals surface area contributed by atoms with Crippen LogP contribution in [-0.4, -0.2) is 36.1 Å². The van der Waals surface area contributed by atoms with Gasteiger partial charge in [-0.3, -0.25) is 28.7 Å². The molecular formula is C28H29ClF2N4O5. The van der Waals surface area contributed by atoms with Gasteiger partial charge < -0.3 is 14.9 Å². The third kappa shape index (κ3) is 7.17. The van der Waals surface area contributed by atoms with Gasteiger partial charge in [0.25, 0.3) is 11.1 Å². The molecule has 3 aromatic rings. The van der Waals surface area contributed by atoms with Crippen LogP contribution in [-0.2, 0) is 12.2 Å². The van der Waals surface area contributed by atoms with E-state index in [2.05, 4.69) is 9.98 Å². The monoisotopic (exact) mass is 574 g/mol. The summed E-state index contributed by atoms with van der Waals surface area (Å²) in [5.74, 6) is -1.76. The van der Waals surface area contributed by atoms with Crippen molar-refractivity contribution < 1.29 is 23.7 Å². The average molecular weight is 575 g/mol. The smallest absolute Gasteiger partial charge is 0.277 e. The summed E-state index contributed by atoms with van der Waals surface area (Å²) in [7, 11) is 0. The molecule has 0 saturated carbocycles. The standard InChI is InChI=1S/C28H29ClF2N4O5/c1-16-11-24(40-15-23-22(31)12-19(30)13-33-23)25(29)27(38)34(16)10-8-20(14-32-17(2)18(3)36)35-9-6-7-21(26(35)37)28(4,5)39/h6-14,18,36,39H,15H2,1-5H3/b10-8+,20-14+,32-17-/t18-/m0/s1. The maximum Gasteiger partial charge on any atom is 0.277 e. The quantitative estimate of drug-likeness (QED) is 0.291. The summed E-state index contributed by atoms with van der Waals surface area (Å²) in [6.07, 6.45) is 5.64. The number of allylic oxidation sites excluding steroid dienone is 2. The Labute approximate surface area is 234 Å². The SMILES string of the molecule is C/C(=N/C=C(\C=C\n1c(C)cc(OCc2ncc(F)cc2F)c(Cl)c1=O)n1cccc(C(C)(C)O)c1=O)[C@H](C)O. The number of aliphatic imine (C=N–C) groups is 1. The minimum Gasteiger partial charge on any atom is -0.485 e. The molecule has 3 aromatic heterocycles. The van der Waals surface area contributed by atoms with Crippen molar-refractivity contribution in [3.05, 3.63) is 103 Å². The van der Waals surface area contributed by atoms with E-state index in [1.807, 2.05) is 0 Å². The van der Waals surface area contributed by atoms with Crippen LogP contribution in [0.15, 0.2) is 63.5 Å². The van der Waals surface area contributed by atoms with E-state index in [1.165, 1.54) is 59.8 Å². The van der Waals surface area contributed by atoms with E-state index in [4.69, 9.17) is 16.3 Å². The van der Waals surface area contributed by atoms with E-state index >= 15 is 0 Å². The van der Waals surface area contributed by atoms with Gasteiger partial charge in [0.05, 0.1) is 29.8 Å². The van der Waals surface area contributed by atoms with E-state index < -0.39 is 41.1 Å². The molecule has 0 aromatic carbocycles. The first-order valence-corrected chi connectivity index (χ1v) is 12.5. The van der Waals surface area contributed by atoms with Gasteiger partial charge in [-0.15, -0.1) is 0 Å². The van der Waals surface area contributed by atoms with Crippen molar-refractivity contribution >= 4 is 29.2 Å². The molecule has 0 saturated heterocycles. The number of aliphatic hydroxyl groups is 2. The van der Waals surface area contributed by atoms with Crippen LogP contribution in [0.3, 0.4) is 0 Å². The molecule has 3 rings (SSSR count). The Morgan fingerprint density at radius 2 is 1.98 bits per heavy atom. The highest BCUT2D eigenvalue weighted by molar-refractivity contribution is 6.31. The van der Waals surface area contributed by atoms with E-state index in [1.54, 1.807) is 26.8 Å². The molecule has 3 heterocycles. The van der Waals surface area contributed by atoms with Crippen LogP contribution < -0.4 is 15.9 Å². The topological polar surface area (TPSA) is 119 Å². The number of aliphatic hydroxyl groups excluding tert-OH is 1. The van der Waals surface area contributed by atoms with Gasteiger partial charge in [0, 0.05) is 41.5 Å². The number of hydrogen-bond donors (Lipinski definition) is 2. The molecule has 0 unspecified atom stereocenters. The lowest BCUT2D eigenvalue weighted by Crippen LogP contribution is -2.31. The van der Waals surface area contributed by atoms with E-state index in [0.717, 1.165) is 6.20 Å². The Hall–Kier alpha value is -3.93. The largest absolute Gasteiger partial charge is 0.485 e. The lowest BCUT2D eigenvalue weighted by Gasteiger charge is -2.18. The van der Waals surface area contributed by atoms with Gasteiger partial charge in [-0.1, -0.05) is 11.6 Å². The second-order valence-electron chi connectivity index (χ2n) is 9.48. The minimum atomic E-state index is -1.42. The first-order chi connectivity index (χ1) is 18.7. The molecule has 0 aliphatic carbocycles. The molecule has 0 amide bonds. The highest BCUT2D eigenvalue weighted by Gasteiger charge is 2.21. The third-order valence-electron chi connectivity index (χ3n) is 5.88. The number of halogens is 3. The molecule has 0 bridgehead atoms. The molecule has 0 aliphatic heterocycles. The molecule has 0 fully saturated rings. The van der Waals surface area contributed by atoms with Crippen LogP contribution in [0.1, 0.15) is 44.6 Å². The van der Waals surface area contributed by atoms with E-state index in [-0.39, 0.29) is 27.7 Å². The summed E-state index contributed by atoms with van der Waals surface area (Å²) in [4.78, 5) is 34.1. The van der Waals surface area contributed by atoms with Crippen molar-refractivity contribution in [3.63, 3.8) is 0 Å². The summed E-state index contributed by atoms with van der Waals surface area (Å²) in [6, 6.07) is 5.21. The maximum atomic E-state index is 13.9. The Balaban J connectivity index is 2.03. The number of hydrogen-bond acceptors (Lipinski definition) is 7. The van der Waals surface area contributed by atoms with Gasteiger partial charge in [-0.2, -0.15) is 0 Å². The number of rotatable bonds is 9. The number of nitrogens with zero attached hydrogens (tertiary/aromatic N) is 4. The second-order valence-corrected chi connectivity index (χ2v) is 9.86. The normalized spacial score (nSPS) is 13.7. The first kappa shape index (κ1) is 30.6. The van der Waals surface area contributed by atoms with Gasteiger partial charge in [-0.05, 0) is 52.8 Å². The highest BCUT2D eigenvalue weighted by Crippen LogP contribution is 2.24. The first-order valence-electron chi connectivity index (χ1n) is 12.1. The van der Waals surface area contributed by atoms with Crippen molar-refractivity contribution in [1.29, 1.82) is 0 Å². The lowest BCUT2D eigenvalue weighted by molar-refractivity contribution is 0.0768. The maximum absolute atomic E-state index is 13.9. The summed E-state index contributed by atoms with van der Waals surface area (Å²) in [5.41, 5.74) is -1.65. The summed E-state index contributed by atoms with van der Waals surface area (Å²) < 4.78 is 35.0. The van der Waals surface area contributed by atoms with Gasteiger partial charge in [-0.25, -0.2) is 8.78 Å². The van der Waals surface area contributed by atoms with Gasteiger partial charge >= 0.3 is 0 Å². The van der Waals surface area contributed by atoms with Crippen molar-refractivity contribution in [3.8, 4) is 5.75 Å². The number of aryl methyl sites for hydroxylation is 1. The Kier molecular flexibility index (Phi) is 9.56. The molecule has 12 heteroatoms. The van der Waals surface area contributed by atoms with Crippen LogP contribution >= 0.6 is 11.6 Å². The van der Waals surface area contributed by atoms with Crippen LogP contribution in [0.25, 0.3) is 11.9 Å². The molecule has 212 valence electrons. The summed E-state index contributed by atoms with van der Waals surface area (Å²) in [6.45, 7) is 7.33. The summed E-state index contributed by atoms with van der Waals surface area (Å²) >= 11 is 6.25. The van der Waals surface area contributed by atoms with E-state index in [0.29, 0.717) is 17.5 Å². The van der Waals surface area contributed by atoms with Crippen molar-refractivity contribution in [2.24, 2.45) is 4.99 Å². The van der Waals surface area contributed by atoms with Crippen LogP contribution in [0, 0.1) is 18.6 Å². The Morgan fingerprint density at radius 3 is 2.60 bits per heavy atom. The highest BCUT2D eigenvalue weighted by atomic mass is 35.5. The molecule has 1 atom stereocenters. The van der Waals surface area contributed by atoms with Crippen molar-refractivity contribution in [2.45, 2.75) is 52.9 Å². The zero-order valence-corrected chi connectivity index (χ0v) is 23.3. The molecule has 0 spiro atoms. The molecule has 0 aliphatic rings. The fourth-order valence-corrected chi connectivity index (χ4v) is 3.65. The predicted molar refractivity (Wildman–Crippen MR) is 149 cm³/mol. The fraction of sp³-hybridized carbons (Fsp3) is 0.286. The second kappa shape index (κ2) is 12.5. The van der Waals surface area contributed by atoms with Crippen LogP contribution in [0.2, 0.25) is 5.02 Å².